The zero-order valence-corrected chi connectivity index (χ0v) is 12.3. The quantitative estimate of drug-likeness (QED) is 0.864. The number of hydrogen-bond donors (Lipinski definition) is 1. The number of halogens is 3. The topological polar surface area (TPSA) is 32.3 Å². The van der Waals surface area contributed by atoms with Gasteiger partial charge in [0.15, 0.2) is 0 Å². The van der Waals surface area contributed by atoms with Gasteiger partial charge in [0.05, 0.1) is 16.6 Å². The molecule has 0 aromatic heterocycles. The Labute approximate surface area is 123 Å². The molecule has 1 unspecified atom stereocenters. The van der Waals surface area contributed by atoms with Crippen LogP contribution < -0.4 is 10.2 Å². The van der Waals surface area contributed by atoms with Crippen LogP contribution in [0, 0.1) is 0 Å². The summed E-state index contributed by atoms with van der Waals surface area (Å²) in [6.45, 7) is 3.25. The molecule has 0 saturated carbocycles. The molecule has 1 N–H and O–H groups in total. The second kappa shape index (κ2) is 6.62. The minimum Gasteiger partial charge on any atom is -0.308 e. The minimum absolute atomic E-state index is 0. The monoisotopic (exact) mass is 308 g/mol. The fourth-order valence-electron chi connectivity index (χ4n) is 2.00. The highest BCUT2D eigenvalue weighted by Gasteiger charge is 2.24. The zero-order chi connectivity index (χ0) is 12.4. The summed E-state index contributed by atoms with van der Waals surface area (Å²) in [5.74, 6) is 0.0633. The summed E-state index contributed by atoms with van der Waals surface area (Å²) >= 11 is 11.9. The summed E-state index contributed by atoms with van der Waals surface area (Å²) < 4.78 is 0. The first-order valence-electron chi connectivity index (χ1n) is 5.57. The van der Waals surface area contributed by atoms with E-state index < -0.39 is 0 Å². The van der Waals surface area contributed by atoms with Crippen LogP contribution in [0.5, 0.6) is 0 Å². The lowest BCUT2D eigenvalue weighted by Gasteiger charge is -2.27. The molecule has 1 aromatic carbocycles. The van der Waals surface area contributed by atoms with Gasteiger partial charge in [-0.05, 0) is 38.1 Å². The van der Waals surface area contributed by atoms with Gasteiger partial charge in [0.1, 0.15) is 0 Å². The predicted molar refractivity (Wildman–Crippen MR) is 78.1 cm³/mol. The average Bonchev–Trinajstić information content (AvgIpc) is 2.45. The molecule has 100 valence electrons. The molecule has 0 aliphatic carbocycles. The van der Waals surface area contributed by atoms with Crippen LogP contribution in [0.2, 0.25) is 10.0 Å². The third-order valence-electron chi connectivity index (χ3n) is 2.91. The minimum atomic E-state index is 0. The molecule has 0 spiro atoms. The maximum atomic E-state index is 12.0. The van der Waals surface area contributed by atoms with Gasteiger partial charge < -0.3 is 10.2 Å². The first kappa shape index (κ1) is 15.6. The Bertz CT molecular complexity index is 439. The molecule has 1 aromatic rings. The molecule has 1 atom stereocenters. The smallest absolute Gasteiger partial charge is 0.241 e. The van der Waals surface area contributed by atoms with Crippen LogP contribution in [0.1, 0.15) is 13.3 Å². The maximum absolute atomic E-state index is 12.0. The van der Waals surface area contributed by atoms with Gasteiger partial charge in [0.2, 0.25) is 5.91 Å². The lowest BCUT2D eigenvalue weighted by molar-refractivity contribution is -0.117. The highest BCUT2D eigenvalue weighted by Crippen LogP contribution is 2.29. The second-order valence-corrected chi connectivity index (χ2v) is 4.99. The van der Waals surface area contributed by atoms with Crippen LogP contribution in [0.25, 0.3) is 0 Å². The van der Waals surface area contributed by atoms with Crippen LogP contribution in [0.3, 0.4) is 0 Å². The van der Waals surface area contributed by atoms with Crippen molar-refractivity contribution >= 4 is 47.2 Å². The molecule has 1 aliphatic rings. The van der Waals surface area contributed by atoms with E-state index in [2.05, 4.69) is 5.32 Å². The van der Waals surface area contributed by atoms with Crippen LogP contribution in [-0.4, -0.2) is 25.0 Å². The van der Waals surface area contributed by atoms with Crippen molar-refractivity contribution in [2.24, 2.45) is 0 Å². The molecule has 0 radical (unpaired) electrons. The third-order valence-corrected chi connectivity index (χ3v) is 3.64. The van der Waals surface area contributed by atoms with Gasteiger partial charge in [0.25, 0.3) is 0 Å². The zero-order valence-electron chi connectivity index (χ0n) is 9.95. The fraction of sp³-hybridized carbons (Fsp3) is 0.417. The van der Waals surface area contributed by atoms with Gasteiger partial charge in [-0.1, -0.05) is 23.2 Å². The number of anilines is 1. The number of benzene rings is 1. The van der Waals surface area contributed by atoms with Crippen LogP contribution in [-0.2, 0) is 4.79 Å². The highest BCUT2D eigenvalue weighted by molar-refractivity contribution is 6.42. The second-order valence-electron chi connectivity index (χ2n) is 4.18. The molecule has 3 nitrogen and oxygen atoms in total. The lowest BCUT2D eigenvalue weighted by Crippen LogP contribution is -2.39. The van der Waals surface area contributed by atoms with E-state index in [0.717, 1.165) is 18.7 Å². The van der Waals surface area contributed by atoms with Crippen LogP contribution in [0.15, 0.2) is 18.2 Å². The Morgan fingerprint density at radius 1 is 1.33 bits per heavy atom. The normalized spacial score (nSPS) is 20.3. The average molecular weight is 310 g/mol. The highest BCUT2D eigenvalue weighted by atomic mass is 35.5. The van der Waals surface area contributed by atoms with Crippen LogP contribution >= 0.6 is 35.6 Å². The van der Waals surface area contributed by atoms with Gasteiger partial charge in [-0.3, -0.25) is 4.79 Å². The largest absolute Gasteiger partial charge is 0.308 e. The van der Waals surface area contributed by atoms with Crippen molar-refractivity contribution in [1.82, 2.24) is 5.32 Å². The summed E-state index contributed by atoms with van der Waals surface area (Å²) in [6, 6.07) is 5.45. The van der Waals surface area contributed by atoms with Crippen molar-refractivity contribution in [3.05, 3.63) is 28.2 Å². The third kappa shape index (κ3) is 3.29. The molecule has 18 heavy (non-hydrogen) atoms. The van der Waals surface area contributed by atoms with Crippen LogP contribution in [0.4, 0.5) is 5.69 Å². The fourth-order valence-corrected chi connectivity index (χ4v) is 2.29. The number of carbonyl (C=O) groups is 1. The molecule has 1 heterocycles. The number of hydrogen-bond acceptors (Lipinski definition) is 2. The molecule has 1 fully saturated rings. The first-order valence-corrected chi connectivity index (χ1v) is 6.33. The number of nitrogens with zero attached hydrogens (tertiary/aromatic N) is 1. The summed E-state index contributed by atoms with van der Waals surface area (Å²) in [5, 5.41) is 4.08. The summed E-state index contributed by atoms with van der Waals surface area (Å²) in [5.41, 5.74) is 0.806. The summed E-state index contributed by atoms with van der Waals surface area (Å²) in [7, 11) is 0. The van der Waals surface area contributed by atoms with E-state index in [1.807, 2.05) is 13.0 Å². The first-order chi connectivity index (χ1) is 8.09. The van der Waals surface area contributed by atoms with Gasteiger partial charge in [-0.15, -0.1) is 12.4 Å². The Hall–Kier alpha value is -0.480. The number of rotatable bonds is 1. The number of nitrogens with one attached hydrogen (secondary N) is 1. The molecule has 6 heteroatoms. The molecule has 1 amide bonds. The van der Waals surface area contributed by atoms with E-state index in [1.165, 1.54) is 0 Å². The standard InChI is InChI=1S/C12H14Cl2N2O.ClH/c1-8-4-5-15-7-12(17)16(8)9-2-3-10(13)11(14)6-9;/h2-3,6,8,15H,4-5,7H2,1H3;1H. The van der Waals surface area contributed by atoms with Gasteiger partial charge in [-0.25, -0.2) is 0 Å². The predicted octanol–water partition coefficient (Wildman–Crippen LogP) is 3.13. The Morgan fingerprint density at radius 2 is 2.06 bits per heavy atom. The SMILES string of the molecule is CC1CCNCC(=O)N1c1ccc(Cl)c(Cl)c1.Cl. The van der Waals surface area contributed by atoms with E-state index in [-0.39, 0.29) is 24.4 Å². The van der Waals surface area contributed by atoms with Crippen molar-refractivity contribution in [1.29, 1.82) is 0 Å². The van der Waals surface area contributed by atoms with Crippen molar-refractivity contribution in [3.8, 4) is 0 Å². The molecular formula is C12H15Cl3N2O. The Morgan fingerprint density at radius 3 is 2.72 bits per heavy atom. The van der Waals surface area contributed by atoms with Gasteiger partial charge in [0, 0.05) is 11.7 Å². The maximum Gasteiger partial charge on any atom is 0.241 e. The van der Waals surface area contributed by atoms with Crippen molar-refractivity contribution in [3.63, 3.8) is 0 Å². The Kier molecular flexibility index (Phi) is 5.73. The van der Waals surface area contributed by atoms with E-state index in [1.54, 1.807) is 17.0 Å². The van der Waals surface area contributed by atoms with E-state index in [9.17, 15) is 4.79 Å². The van der Waals surface area contributed by atoms with E-state index in [4.69, 9.17) is 23.2 Å². The van der Waals surface area contributed by atoms with E-state index >= 15 is 0 Å². The molecule has 0 bridgehead atoms. The lowest BCUT2D eigenvalue weighted by atomic mass is 10.2. The number of carbonyl (C=O) groups excluding carboxylic acids is 1. The molecule has 2 rings (SSSR count). The van der Waals surface area contributed by atoms with E-state index in [0.29, 0.717) is 16.6 Å². The number of amides is 1. The van der Waals surface area contributed by atoms with Gasteiger partial charge in [-0.2, -0.15) is 0 Å². The summed E-state index contributed by atoms with van der Waals surface area (Å²) in [6.07, 6.45) is 0.923. The van der Waals surface area contributed by atoms with Crippen molar-refractivity contribution in [2.75, 3.05) is 18.0 Å². The molecule has 1 aliphatic heterocycles. The van der Waals surface area contributed by atoms with Crippen molar-refractivity contribution in [2.45, 2.75) is 19.4 Å². The Balaban J connectivity index is 0.00000162. The summed E-state index contributed by atoms with van der Waals surface area (Å²) in [4.78, 5) is 13.8. The molecule has 1 saturated heterocycles. The van der Waals surface area contributed by atoms with Crippen molar-refractivity contribution < 1.29 is 4.79 Å². The van der Waals surface area contributed by atoms with Gasteiger partial charge >= 0.3 is 0 Å². The molecular weight excluding hydrogens is 295 g/mol.